The molecule has 2 N–H and O–H groups in total. The third-order valence-corrected chi connectivity index (χ3v) is 2.08. The zero-order valence-corrected chi connectivity index (χ0v) is 7.93. The van der Waals surface area contributed by atoms with Gasteiger partial charge in [-0.25, -0.2) is 0 Å². The van der Waals surface area contributed by atoms with Crippen molar-refractivity contribution in [3.05, 3.63) is 40.5 Å². The third-order valence-electron chi connectivity index (χ3n) is 1.55. The maximum atomic E-state index is 5.37. The van der Waals surface area contributed by atoms with Gasteiger partial charge in [0, 0.05) is 4.47 Å². The lowest BCUT2D eigenvalue weighted by Gasteiger charge is -1.98. The van der Waals surface area contributed by atoms with E-state index < -0.39 is 0 Å². The van der Waals surface area contributed by atoms with Crippen LogP contribution in [0, 0.1) is 0 Å². The molecule has 0 spiro atoms. The highest BCUT2D eigenvalue weighted by molar-refractivity contribution is 9.10. The van der Waals surface area contributed by atoms with Gasteiger partial charge in [-0.3, -0.25) is 0 Å². The Balaban J connectivity index is 2.99. The zero-order valence-electron chi connectivity index (χ0n) is 6.34. The van der Waals surface area contributed by atoms with Crippen LogP contribution >= 0.6 is 15.9 Å². The molecule has 0 aliphatic carbocycles. The van der Waals surface area contributed by atoms with Gasteiger partial charge < -0.3 is 5.73 Å². The summed E-state index contributed by atoms with van der Waals surface area (Å²) in [5, 5.41) is 0. The SMILES string of the molecule is C/C(=C\N)c1ccc(Br)cc1. The molecule has 0 saturated carbocycles. The summed E-state index contributed by atoms with van der Waals surface area (Å²) in [7, 11) is 0. The lowest BCUT2D eigenvalue weighted by atomic mass is 10.1. The molecule has 0 aliphatic rings. The Labute approximate surface area is 75.0 Å². The van der Waals surface area contributed by atoms with E-state index >= 15 is 0 Å². The molecule has 1 rings (SSSR count). The second-order valence-electron chi connectivity index (χ2n) is 2.36. The number of nitrogens with two attached hydrogens (primary N) is 1. The molecular weight excluding hydrogens is 202 g/mol. The number of rotatable bonds is 1. The van der Waals surface area contributed by atoms with Crippen molar-refractivity contribution in [2.24, 2.45) is 5.73 Å². The molecule has 0 heterocycles. The normalized spacial score (nSPS) is 11.6. The highest BCUT2D eigenvalue weighted by Gasteiger charge is 1.92. The molecule has 0 fully saturated rings. The van der Waals surface area contributed by atoms with E-state index in [1.165, 1.54) is 0 Å². The van der Waals surface area contributed by atoms with Crippen molar-refractivity contribution in [2.75, 3.05) is 0 Å². The van der Waals surface area contributed by atoms with Crippen molar-refractivity contribution < 1.29 is 0 Å². The fourth-order valence-electron chi connectivity index (χ4n) is 0.809. The summed E-state index contributed by atoms with van der Waals surface area (Å²) in [6.45, 7) is 1.99. The minimum Gasteiger partial charge on any atom is -0.404 e. The van der Waals surface area contributed by atoms with Gasteiger partial charge in [-0.15, -0.1) is 0 Å². The van der Waals surface area contributed by atoms with E-state index in [1.807, 2.05) is 31.2 Å². The average Bonchev–Trinajstić information content (AvgIpc) is 2.05. The zero-order chi connectivity index (χ0) is 8.27. The van der Waals surface area contributed by atoms with Crippen molar-refractivity contribution in [3.63, 3.8) is 0 Å². The Hall–Kier alpha value is -0.760. The first-order chi connectivity index (χ1) is 5.24. The smallest absolute Gasteiger partial charge is 0.0175 e. The predicted octanol–water partition coefficient (Wildman–Crippen LogP) is 2.77. The number of hydrogen-bond acceptors (Lipinski definition) is 1. The molecule has 58 valence electrons. The van der Waals surface area contributed by atoms with Gasteiger partial charge in [-0.05, 0) is 36.4 Å². The van der Waals surface area contributed by atoms with E-state index in [1.54, 1.807) is 6.20 Å². The molecule has 0 atom stereocenters. The standard InChI is InChI=1S/C9H10BrN/c1-7(6-11)8-2-4-9(10)5-3-8/h2-6H,11H2,1H3/b7-6+. The number of hydrogen-bond donors (Lipinski definition) is 1. The van der Waals surface area contributed by atoms with Gasteiger partial charge in [0.25, 0.3) is 0 Å². The van der Waals surface area contributed by atoms with Gasteiger partial charge in [-0.1, -0.05) is 28.1 Å². The van der Waals surface area contributed by atoms with Crippen LogP contribution in [0.25, 0.3) is 5.57 Å². The summed E-state index contributed by atoms with van der Waals surface area (Å²) in [5.41, 5.74) is 7.63. The Kier molecular flexibility index (Phi) is 2.71. The topological polar surface area (TPSA) is 26.0 Å². The summed E-state index contributed by atoms with van der Waals surface area (Å²) in [6, 6.07) is 8.07. The maximum absolute atomic E-state index is 5.37. The maximum Gasteiger partial charge on any atom is 0.0175 e. The molecule has 0 saturated heterocycles. The summed E-state index contributed by atoms with van der Waals surface area (Å²) in [5.74, 6) is 0. The van der Waals surface area contributed by atoms with Crippen molar-refractivity contribution in [1.29, 1.82) is 0 Å². The van der Waals surface area contributed by atoms with E-state index in [4.69, 9.17) is 5.73 Å². The fraction of sp³-hybridized carbons (Fsp3) is 0.111. The number of halogens is 1. The first-order valence-electron chi connectivity index (χ1n) is 3.38. The first kappa shape index (κ1) is 8.34. The molecule has 0 unspecified atom stereocenters. The van der Waals surface area contributed by atoms with Gasteiger partial charge in [-0.2, -0.15) is 0 Å². The predicted molar refractivity (Wildman–Crippen MR) is 52.0 cm³/mol. The molecule has 0 aromatic heterocycles. The molecule has 0 amide bonds. The quantitative estimate of drug-likeness (QED) is 0.760. The van der Waals surface area contributed by atoms with Crippen LogP contribution in [0.1, 0.15) is 12.5 Å². The van der Waals surface area contributed by atoms with E-state index in [0.717, 1.165) is 15.6 Å². The van der Waals surface area contributed by atoms with Gasteiger partial charge >= 0.3 is 0 Å². The summed E-state index contributed by atoms with van der Waals surface area (Å²) in [4.78, 5) is 0. The number of benzene rings is 1. The van der Waals surface area contributed by atoms with Crippen LogP contribution in [0.15, 0.2) is 34.9 Å². The second kappa shape index (κ2) is 3.58. The Bertz CT molecular complexity index is 261. The Morgan fingerprint density at radius 3 is 2.36 bits per heavy atom. The third kappa shape index (κ3) is 2.09. The minimum absolute atomic E-state index is 1.09. The van der Waals surface area contributed by atoms with Gasteiger partial charge in [0.1, 0.15) is 0 Å². The Morgan fingerprint density at radius 1 is 1.36 bits per heavy atom. The largest absolute Gasteiger partial charge is 0.404 e. The van der Waals surface area contributed by atoms with E-state index in [0.29, 0.717) is 0 Å². The second-order valence-corrected chi connectivity index (χ2v) is 3.27. The molecule has 0 aliphatic heterocycles. The highest BCUT2D eigenvalue weighted by atomic mass is 79.9. The average molecular weight is 212 g/mol. The van der Waals surface area contributed by atoms with Crippen LogP contribution in [-0.4, -0.2) is 0 Å². The molecule has 0 radical (unpaired) electrons. The molecule has 11 heavy (non-hydrogen) atoms. The van der Waals surface area contributed by atoms with Gasteiger partial charge in [0.15, 0.2) is 0 Å². The van der Waals surface area contributed by atoms with Crippen LogP contribution in [0.3, 0.4) is 0 Å². The first-order valence-corrected chi connectivity index (χ1v) is 4.18. The summed E-state index contributed by atoms with van der Waals surface area (Å²) < 4.78 is 1.09. The van der Waals surface area contributed by atoms with Crippen molar-refractivity contribution in [2.45, 2.75) is 6.92 Å². The molecule has 2 heteroatoms. The van der Waals surface area contributed by atoms with Crippen LogP contribution in [0.2, 0.25) is 0 Å². The lowest BCUT2D eigenvalue weighted by molar-refractivity contribution is 1.50. The summed E-state index contributed by atoms with van der Waals surface area (Å²) >= 11 is 3.37. The summed E-state index contributed by atoms with van der Waals surface area (Å²) in [6.07, 6.45) is 1.61. The van der Waals surface area contributed by atoms with Gasteiger partial charge in [0.05, 0.1) is 0 Å². The molecule has 1 nitrogen and oxygen atoms in total. The van der Waals surface area contributed by atoms with E-state index in [2.05, 4.69) is 15.9 Å². The van der Waals surface area contributed by atoms with Crippen LogP contribution in [0.5, 0.6) is 0 Å². The highest BCUT2D eigenvalue weighted by Crippen LogP contribution is 2.16. The minimum atomic E-state index is 1.09. The van der Waals surface area contributed by atoms with E-state index in [-0.39, 0.29) is 0 Å². The Morgan fingerprint density at radius 2 is 1.91 bits per heavy atom. The fourth-order valence-corrected chi connectivity index (χ4v) is 1.07. The lowest BCUT2D eigenvalue weighted by Crippen LogP contribution is -1.84. The molecule has 1 aromatic rings. The van der Waals surface area contributed by atoms with Crippen molar-refractivity contribution in [1.82, 2.24) is 0 Å². The van der Waals surface area contributed by atoms with Crippen molar-refractivity contribution >= 4 is 21.5 Å². The molecular formula is C9H10BrN. The van der Waals surface area contributed by atoms with E-state index in [9.17, 15) is 0 Å². The number of allylic oxidation sites excluding steroid dienone is 1. The molecule has 0 bridgehead atoms. The molecule has 1 aromatic carbocycles. The monoisotopic (exact) mass is 211 g/mol. The van der Waals surface area contributed by atoms with Gasteiger partial charge in [0.2, 0.25) is 0 Å². The van der Waals surface area contributed by atoms with Crippen LogP contribution in [-0.2, 0) is 0 Å². The van der Waals surface area contributed by atoms with Crippen molar-refractivity contribution in [3.8, 4) is 0 Å². The van der Waals surface area contributed by atoms with Crippen LogP contribution < -0.4 is 5.73 Å². The van der Waals surface area contributed by atoms with Crippen LogP contribution in [0.4, 0.5) is 0 Å².